The van der Waals surface area contributed by atoms with Crippen LogP contribution in [0.2, 0.25) is 0 Å². The number of nitrogens with zero attached hydrogens (tertiary/aromatic N) is 3. The molecule has 28 heavy (non-hydrogen) atoms. The summed E-state index contributed by atoms with van der Waals surface area (Å²) in [5, 5.41) is 9.24. The molecule has 1 aromatic carbocycles. The molecule has 1 amide bonds. The molecular weight excluding hydrogens is 361 g/mol. The summed E-state index contributed by atoms with van der Waals surface area (Å²) in [6.07, 6.45) is 0.314. The van der Waals surface area contributed by atoms with Gasteiger partial charge in [-0.2, -0.15) is 5.26 Å². The fourth-order valence-corrected chi connectivity index (χ4v) is 3.88. The molecule has 152 valence electrons. The fraction of sp³-hybridized carbons (Fsp3) is 0.619. The van der Waals surface area contributed by atoms with E-state index in [1.165, 1.54) is 6.07 Å². The van der Waals surface area contributed by atoms with Crippen molar-refractivity contribution in [2.75, 3.05) is 32.8 Å². The zero-order chi connectivity index (χ0) is 20.5. The first-order valence-corrected chi connectivity index (χ1v) is 9.72. The van der Waals surface area contributed by atoms with Crippen molar-refractivity contribution in [2.24, 2.45) is 0 Å². The highest BCUT2D eigenvalue weighted by Gasteiger charge is 2.35. The van der Waals surface area contributed by atoms with Gasteiger partial charge in [0, 0.05) is 38.8 Å². The van der Waals surface area contributed by atoms with E-state index in [1.54, 1.807) is 17.9 Å². The second-order valence-corrected chi connectivity index (χ2v) is 8.47. The van der Waals surface area contributed by atoms with Gasteiger partial charge in [0.15, 0.2) is 0 Å². The summed E-state index contributed by atoms with van der Waals surface area (Å²) in [5.74, 6) is -0.499. The van der Waals surface area contributed by atoms with E-state index in [1.807, 2.05) is 26.8 Å². The highest BCUT2D eigenvalue weighted by Crippen LogP contribution is 2.30. The number of hydrogen-bond acceptors (Lipinski definition) is 5. The van der Waals surface area contributed by atoms with Gasteiger partial charge >= 0.3 is 6.09 Å². The minimum atomic E-state index is -0.509. The number of benzene rings is 1. The number of rotatable bonds is 1. The van der Waals surface area contributed by atoms with Gasteiger partial charge in [-0.25, -0.2) is 9.18 Å². The van der Waals surface area contributed by atoms with Crippen molar-refractivity contribution in [1.82, 2.24) is 9.80 Å². The zero-order valence-electron chi connectivity index (χ0n) is 17.0. The molecule has 0 aromatic heterocycles. The Hall–Kier alpha value is -2.17. The third-order valence-corrected chi connectivity index (χ3v) is 5.34. The highest BCUT2D eigenvalue weighted by molar-refractivity contribution is 5.68. The number of carbonyl (C=O) groups is 1. The maximum absolute atomic E-state index is 13.9. The average Bonchev–Trinajstić information content (AvgIpc) is 2.82. The van der Waals surface area contributed by atoms with Gasteiger partial charge in [-0.3, -0.25) is 4.90 Å². The number of amides is 1. The van der Waals surface area contributed by atoms with Crippen LogP contribution in [0.25, 0.3) is 0 Å². The summed E-state index contributed by atoms with van der Waals surface area (Å²) in [5.41, 5.74) is 1.06. The van der Waals surface area contributed by atoms with Crippen molar-refractivity contribution in [2.45, 2.75) is 51.9 Å². The smallest absolute Gasteiger partial charge is 0.410 e. The Morgan fingerprint density at radius 1 is 1.32 bits per heavy atom. The zero-order valence-corrected chi connectivity index (χ0v) is 17.0. The second kappa shape index (κ2) is 8.06. The van der Waals surface area contributed by atoms with E-state index >= 15 is 0 Å². The first kappa shape index (κ1) is 20.6. The summed E-state index contributed by atoms with van der Waals surface area (Å²) in [4.78, 5) is 16.5. The molecule has 0 unspecified atom stereocenters. The lowest BCUT2D eigenvalue weighted by molar-refractivity contribution is 0.00193. The van der Waals surface area contributed by atoms with Crippen molar-refractivity contribution < 1.29 is 18.7 Å². The summed E-state index contributed by atoms with van der Waals surface area (Å²) in [6.45, 7) is 10.5. The van der Waals surface area contributed by atoms with E-state index in [4.69, 9.17) is 9.47 Å². The van der Waals surface area contributed by atoms with E-state index < -0.39 is 11.4 Å². The van der Waals surface area contributed by atoms with Crippen LogP contribution in [0.4, 0.5) is 9.18 Å². The Bertz CT molecular complexity index is 784. The van der Waals surface area contributed by atoms with E-state index in [2.05, 4.69) is 4.90 Å². The van der Waals surface area contributed by atoms with Crippen molar-refractivity contribution in [3.8, 4) is 6.07 Å². The molecule has 2 atom stereocenters. The number of hydrogen-bond donors (Lipinski definition) is 0. The number of ether oxygens (including phenoxy) is 2. The van der Waals surface area contributed by atoms with Crippen LogP contribution in [0.3, 0.4) is 0 Å². The van der Waals surface area contributed by atoms with Crippen LogP contribution < -0.4 is 0 Å². The Morgan fingerprint density at radius 2 is 2.07 bits per heavy atom. The SMILES string of the molecule is Cc1c([C@H]2CN3CCN(C(=O)OC(C)(C)C)C[C@@H]3CCO2)ccc(F)c1C#N. The number of carbonyl (C=O) groups excluding carboxylic acids is 1. The standard InChI is InChI=1S/C21H28FN3O3/c1-14-16(5-6-18(22)17(14)11-23)19-13-24-8-9-25(12-15(24)7-10-27-19)20(26)28-21(2,3)4/h5-6,15,19H,7-10,12-13H2,1-4H3/t15-,19+/m0/s1. The summed E-state index contributed by atoms with van der Waals surface area (Å²) >= 11 is 0. The van der Waals surface area contributed by atoms with Gasteiger partial charge in [-0.15, -0.1) is 0 Å². The minimum Gasteiger partial charge on any atom is -0.444 e. The van der Waals surface area contributed by atoms with Crippen molar-refractivity contribution in [1.29, 1.82) is 5.26 Å². The van der Waals surface area contributed by atoms with Crippen molar-refractivity contribution >= 4 is 6.09 Å². The molecule has 3 rings (SSSR count). The lowest BCUT2D eigenvalue weighted by Crippen LogP contribution is -2.55. The third-order valence-electron chi connectivity index (χ3n) is 5.34. The second-order valence-electron chi connectivity index (χ2n) is 8.47. The topological polar surface area (TPSA) is 65.8 Å². The molecule has 2 aliphatic rings. The van der Waals surface area contributed by atoms with Crippen LogP contribution in [0.1, 0.15) is 50.0 Å². The van der Waals surface area contributed by atoms with Crippen LogP contribution in [-0.2, 0) is 9.47 Å². The first-order valence-electron chi connectivity index (χ1n) is 9.72. The summed E-state index contributed by atoms with van der Waals surface area (Å²) < 4.78 is 25.4. The van der Waals surface area contributed by atoms with Gasteiger partial charge < -0.3 is 14.4 Å². The van der Waals surface area contributed by atoms with E-state index in [-0.39, 0.29) is 23.8 Å². The van der Waals surface area contributed by atoms with Crippen molar-refractivity contribution in [3.63, 3.8) is 0 Å². The molecule has 1 aromatic rings. The molecule has 0 spiro atoms. The fourth-order valence-electron chi connectivity index (χ4n) is 3.88. The van der Waals surface area contributed by atoms with Gasteiger partial charge in [0.05, 0.1) is 11.7 Å². The number of fused-ring (bicyclic) bond motifs is 1. The molecule has 2 heterocycles. The van der Waals surface area contributed by atoms with Gasteiger partial charge in [-0.05, 0) is 51.3 Å². The Morgan fingerprint density at radius 3 is 2.75 bits per heavy atom. The molecule has 0 aliphatic carbocycles. The van der Waals surface area contributed by atoms with Gasteiger partial charge in [-0.1, -0.05) is 6.07 Å². The lowest BCUT2D eigenvalue weighted by atomic mass is 9.97. The molecule has 6 nitrogen and oxygen atoms in total. The summed E-state index contributed by atoms with van der Waals surface area (Å²) in [6, 6.07) is 5.20. The number of piperazine rings is 1. The molecule has 2 fully saturated rings. The van der Waals surface area contributed by atoms with Crippen LogP contribution in [-0.4, -0.2) is 60.3 Å². The highest BCUT2D eigenvalue weighted by atomic mass is 19.1. The largest absolute Gasteiger partial charge is 0.444 e. The van der Waals surface area contributed by atoms with Gasteiger partial charge in [0.25, 0.3) is 0 Å². The molecule has 0 N–H and O–H groups in total. The molecule has 0 radical (unpaired) electrons. The van der Waals surface area contributed by atoms with Crippen molar-refractivity contribution in [3.05, 3.63) is 34.6 Å². The Balaban J connectivity index is 1.71. The maximum atomic E-state index is 13.9. The molecule has 0 bridgehead atoms. The molecule has 7 heteroatoms. The van der Waals surface area contributed by atoms with Crippen LogP contribution in [0.5, 0.6) is 0 Å². The predicted octanol–water partition coefficient (Wildman–Crippen LogP) is 3.39. The molecule has 2 aliphatic heterocycles. The average molecular weight is 389 g/mol. The Kier molecular flexibility index (Phi) is 5.92. The molecular formula is C21H28FN3O3. The third kappa shape index (κ3) is 4.45. The maximum Gasteiger partial charge on any atom is 0.410 e. The number of nitriles is 1. The van der Waals surface area contributed by atoms with Crippen LogP contribution in [0.15, 0.2) is 12.1 Å². The van der Waals surface area contributed by atoms with Crippen LogP contribution >= 0.6 is 0 Å². The normalized spacial score (nSPS) is 23.5. The van der Waals surface area contributed by atoms with E-state index in [0.29, 0.717) is 31.8 Å². The van der Waals surface area contributed by atoms with Gasteiger partial charge in [0.2, 0.25) is 0 Å². The Labute approximate surface area is 165 Å². The molecule has 2 saturated heterocycles. The molecule has 0 saturated carbocycles. The first-order chi connectivity index (χ1) is 13.2. The summed E-state index contributed by atoms with van der Waals surface area (Å²) in [7, 11) is 0. The minimum absolute atomic E-state index is 0.0802. The van der Waals surface area contributed by atoms with Gasteiger partial charge in [0.1, 0.15) is 17.5 Å². The predicted molar refractivity (Wildman–Crippen MR) is 102 cm³/mol. The van der Waals surface area contributed by atoms with Crippen LogP contribution in [0, 0.1) is 24.1 Å². The number of halogens is 1. The quantitative estimate of drug-likeness (QED) is 0.737. The lowest BCUT2D eigenvalue weighted by Gasteiger charge is -2.41. The monoisotopic (exact) mass is 389 g/mol. The van der Waals surface area contributed by atoms with E-state index in [0.717, 1.165) is 18.5 Å². The van der Waals surface area contributed by atoms with E-state index in [9.17, 15) is 14.4 Å².